The van der Waals surface area contributed by atoms with E-state index in [0.717, 1.165) is 35.9 Å². The molecule has 1 saturated carbocycles. The van der Waals surface area contributed by atoms with Gasteiger partial charge in [-0.05, 0) is 44.4 Å². The topological polar surface area (TPSA) is 68.0 Å². The second-order valence-corrected chi connectivity index (χ2v) is 5.84. The first-order valence-electron chi connectivity index (χ1n) is 7.56. The van der Waals surface area contributed by atoms with E-state index in [9.17, 15) is 4.79 Å². The Labute approximate surface area is 149 Å². The second kappa shape index (κ2) is 8.48. The summed E-state index contributed by atoms with van der Waals surface area (Å²) in [4.78, 5) is 17.1. The number of nitrogens with one attached hydrogen (secondary N) is 1. The number of rotatable bonds is 3. The molecule has 1 amide bonds. The lowest BCUT2D eigenvalue weighted by Gasteiger charge is -2.19. The fraction of sp³-hybridized carbons (Fsp3) is 0.412. The molecule has 4 nitrogen and oxygen atoms in total. The summed E-state index contributed by atoms with van der Waals surface area (Å²) < 4.78 is 0. The van der Waals surface area contributed by atoms with Crippen molar-refractivity contribution in [2.24, 2.45) is 11.7 Å². The van der Waals surface area contributed by atoms with Gasteiger partial charge in [0.05, 0.1) is 11.1 Å². The molecular weight excluding hydrogens is 333 g/mol. The quantitative estimate of drug-likeness (QED) is 0.887. The van der Waals surface area contributed by atoms with Gasteiger partial charge >= 0.3 is 0 Å². The maximum Gasteiger partial charge on any atom is 0.253 e. The molecule has 0 spiro atoms. The molecule has 0 radical (unpaired) electrons. The molecule has 1 aliphatic rings. The van der Waals surface area contributed by atoms with Gasteiger partial charge in [-0.15, -0.1) is 24.8 Å². The molecule has 1 aromatic heterocycles. The molecule has 1 heterocycles. The summed E-state index contributed by atoms with van der Waals surface area (Å²) in [5.41, 5.74) is 8.13. The number of carbonyl (C=O) groups excluding carboxylic acids is 1. The van der Waals surface area contributed by atoms with Gasteiger partial charge in [0.25, 0.3) is 5.91 Å². The maximum atomic E-state index is 12.6. The fourth-order valence-electron chi connectivity index (χ4n) is 3.18. The minimum atomic E-state index is -0.0379. The van der Waals surface area contributed by atoms with E-state index in [4.69, 9.17) is 5.73 Å². The summed E-state index contributed by atoms with van der Waals surface area (Å²) in [7, 11) is 0. The Bertz CT molecular complexity index is 678. The summed E-state index contributed by atoms with van der Waals surface area (Å²) in [5, 5.41) is 4.14. The molecule has 2 aromatic rings. The normalized spacial score (nSPS) is 19.7. The lowest BCUT2D eigenvalue weighted by Crippen LogP contribution is -2.40. The number of halogens is 2. The third-order valence-electron chi connectivity index (χ3n) is 4.38. The van der Waals surface area contributed by atoms with Gasteiger partial charge in [-0.25, -0.2) is 0 Å². The van der Waals surface area contributed by atoms with Gasteiger partial charge in [-0.2, -0.15) is 0 Å². The van der Waals surface area contributed by atoms with Gasteiger partial charge < -0.3 is 11.1 Å². The third-order valence-corrected chi connectivity index (χ3v) is 4.38. The zero-order valence-electron chi connectivity index (χ0n) is 13.1. The minimum absolute atomic E-state index is 0. The lowest BCUT2D eigenvalue weighted by atomic mass is 10.0. The number of hydrogen-bond acceptors (Lipinski definition) is 3. The van der Waals surface area contributed by atoms with Crippen LogP contribution >= 0.6 is 24.8 Å². The van der Waals surface area contributed by atoms with Crippen LogP contribution in [-0.2, 0) is 0 Å². The molecule has 3 N–H and O–H groups in total. The first-order valence-corrected chi connectivity index (χ1v) is 7.56. The molecule has 2 atom stereocenters. The SMILES string of the molecule is Cc1ccc2cccc(C(=O)NC3CCCC3CN)c2n1.Cl.Cl. The van der Waals surface area contributed by atoms with Crippen molar-refractivity contribution in [1.82, 2.24) is 10.3 Å². The predicted octanol–water partition coefficient (Wildman–Crippen LogP) is 3.24. The monoisotopic (exact) mass is 355 g/mol. The summed E-state index contributed by atoms with van der Waals surface area (Å²) >= 11 is 0. The van der Waals surface area contributed by atoms with E-state index in [2.05, 4.69) is 10.3 Å². The largest absolute Gasteiger partial charge is 0.349 e. The molecule has 1 fully saturated rings. The maximum absolute atomic E-state index is 12.6. The zero-order valence-corrected chi connectivity index (χ0v) is 14.8. The number of hydrogen-bond donors (Lipinski definition) is 2. The van der Waals surface area contributed by atoms with Crippen molar-refractivity contribution >= 4 is 41.6 Å². The van der Waals surface area contributed by atoms with E-state index in [1.54, 1.807) is 0 Å². The van der Waals surface area contributed by atoms with Gasteiger partial charge in [-0.3, -0.25) is 9.78 Å². The molecule has 0 aliphatic heterocycles. The first kappa shape index (κ1) is 19.7. The van der Waals surface area contributed by atoms with Crippen LogP contribution in [0.5, 0.6) is 0 Å². The fourth-order valence-corrected chi connectivity index (χ4v) is 3.18. The summed E-state index contributed by atoms with van der Waals surface area (Å²) in [6.45, 7) is 2.58. The molecule has 0 bridgehead atoms. The van der Waals surface area contributed by atoms with Crippen molar-refractivity contribution in [1.29, 1.82) is 0 Å². The van der Waals surface area contributed by atoms with E-state index >= 15 is 0 Å². The number of benzene rings is 1. The average Bonchev–Trinajstić information content (AvgIpc) is 2.93. The number of nitrogens with two attached hydrogens (primary N) is 1. The number of nitrogens with zero attached hydrogens (tertiary/aromatic N) is 1. The number of carbonyl (C=O) groups is 1. The van der Waals surface area contributed by atoms with E-state index in [1.165, 1.54) is 0 Å². The lowest BCUT2D eigenvalue weighted by molar-refractivity contribution is 0.0930. The van der Waals surface area contributed by atoms with Crippen LogP contribution < -0.4 is 11.1 Å². The molecule has 23 heavy (non-hydrogen) atoms. The van der Waals surface area contributed by atoms with Crippen LogP contribution in [0, 0.1) is 12.8 Å². The van der Waals surface area contributed by atoms with Crippen molar-refractivity contribution in [3.8, 4) is 0 Å². The summed E-state index contributed by atoms with van der Waals surface area (Å²) in [6, 6.07) is 9.90. The number of pyridine rings is 1. The molecular formula is C17H23Cl2N3O. The Morgan fingerprint density at radius 1 is 1.26 bits per heavy atom. The smallest absolute Gasteiger partial charge is 0.253 e. The Morgan fingerprint density at radius 2 is 2.04 bits per heavy atom. The molecule has 0 saturated heterocycles. The summed E-state index contributed by atoms with van der Waals surface area (Å²) in [6.07, 6.45) is 3.26. The van der Waals surface area contributed by atoms with Crippen LogP contribution in [0.4, 0.5) is 0 Å². The predicted molar refractivity (Wildman–Crippen MR) is 98.6 cm³/mol. The van der Waals surface area contributed by atoms with Gasteiger partial charge in [0.15, 0.2) is 0 Å². The molecule has 126 valence electrons. The van der Waals surface area contributed by atoms with Crippen molar-refractivity contribution in [2.45, 2.75) is 32.2 Å². The number of para-hydroxylation sites is 1. The van der Waals surface area contributed by atoms with Crippen molar-refractivity contribution in [3.63, 3.8) is 0 Å². The highest BCUT2D eigenvalue weighted by molar-refractivity contribution is 6.05. The van der Waals surface area contributed by atoms with Crippen molar-refractivity contribution in [2.75, 3.05) is 6.54 Å². The highest BCUT2D eigenvalue weighted by Crippen LogP contribution is 2.25. The van der Waals surface area contributed by atoms with Crippen LogP contribution in [0.1, 0.15) is 35.3 Å². The molecule has 6 heteroatoms. The Balaban J connectivity index is 0.00000132. The van der Waals surface area contributed by atoms with Gasteiger partial charge in [0.2, 0.25) is 0 Å². The number of fused-ring (bicyclic) bond motifs is 1. The van der Waals surface area contributed by atoms with Crippen molar-refractivity contribution < 1.29 is 4.79 Å². The van der Waals surface area contributed by atoms with Crippen LogP contribution in [0.3, 0.4) is 0 Å². The highest BCUT2D eigenvalue weighted by atomic mass is 35.5. The first-order chi connectivity index (χ1) is 10.2. The van der Waals surface area contributed by atoms with E-state index < -0.39 is 0 Å². The number of aryl methyl sites for hydroxylation is 1. The van der Waals surface area contributed by atoms with Crippen LogP contribution in [0.25, 0.3) is 10.9 Å². The Kier molecular flexibility index (Phi) is 7.26. The Morgan fingerprint density at radius 3 is 2.78 bits per heavy atom. The van der Waals surface area contributed by atoms with Crippen LogP contribution in [0.15, 0.2) is 30.3 Å². The van der Waals surface area contributed by atoms with E-state index in [0.29, 0.717) is 18.0 Å². The van der Waals surface area contributed by atoms with Crippen molar-refractivity contribution in [3.05, 3.63) is 41.6 Å². The molecule has 1 aromatic carbocycles. The molecule has 2 unspecified atom stereocenters. The standard InChI is InChI=1S/C17H21N3O.2ClH/c1-11-8-9-12-4-2-6-14(16(12)19-11)17(21)20-15-7-3-5-13(15)10-18;;/h2,4,6,8-9,13,15H,3,5,7,10,18H2,1H3,(H,20,21);2*1H. The third kappa shape index (κ3) is 4.14. The van der Waals surface area contributed by atoms with Gasteiger partial charge in [-0.1, -0.05) is 24.6 Å². The zero-order chi connectivity index (χ0) is 14.8. The van der Waals surface area contributed by atoms with Gasteiger partial charge in [0.1, 0.15) is 0 Å². The van der Waals surface area contributed by atoms with Gasteiger partial charge in [0, 0.05) is 17.1 Å². The molecule has 1 aliphatic carbocycles. The highest BCUT2D eigenvalue weighted by Gasteiger charge is 2.28. The number of amides is 1. The summed E-state index contributed by atoms with van der Waals surface area (Å²) in [5.74, 6) is 0.364. The van der Waals surface area contributed by atoms with Crippen LogP contribution in [0.2, 0.25) is 0 Å². The van der Waals surface area contributed by atoms with E-state index in [1.807, 2.05) is 37.3 Å². The van der Waals surface area contributed by atoms with Crippen LogP contribution in [-0.4, -0.2) is 23.5 Å². The second-order valence-electron chi connectivity index (χ2n) is 5.84. The van der Waals surface area contributed by atoms with E-state index in [-0.39, 0.29) is 36.8 Å². The number of aromatic nitrogens is 1. The average molecular weight is 356 g/mol. The minimum Gasteiger partial charge on any atom is -0.349 e. The Hall–Kier alpha value is -1.36. The molecule has 3 rings (SSSR count).